The van der Waals surface area contributed by atoms with Crippen LogP contribution in [0.25, 0.3) is 0 Å². The quantitative estimate of drug-likeness (QED) is 0.705. The second-order valence-corrected chi connectivity index (χ2v) is 6.63. The van der Waals surface area contributed by atoms with Gasteiger partial charge in [-0.15, -0.1) is 11.3 Å². The van der Waals surface area contributed by atoms with E-state index in [-0.39, 0.29) is 11.8 Å². The van der Waals surface area contributed by atoms with Crippen molar-refractivity contribution >= 4 is 34.5 Å². The number of hydrogen-bond donors (Lipinski definition) is 2. The first kappa shape index (κ1) is 16.9. The van der Waals surface area contributed by atoms with Crippen LogP contribution < -0.4 is 10.6 Å². The smallest absolute Gasteiger partial charge is 0.265 e. The van der Waals surface area contributed by atoms with Crippen molar-refractivity contribution in [3.63, 3.8) is 0 Å². The van der Waals surface area contributed by atoms with Crippen molar-refractivity contribution in [2.75, 3.05) is 10.6 Å². The summed E-state index contributed by atoms with van der Waals surface area (Å²) in [5.41, 5.74) is 3.81. The van der Waals surface area contributed by atoms with Crippen LogP contribution in [0.15, 0.2) is 60.0 Å². The summed E-state index contributed by atoms with van der Waals surface area (Å²) in [5.74, 6) is -0.474. The van der Waals surface area contributed by atoms with E-state index in [0.29, 0.717) is 16.1 Å². The molecule has 0 aliphatic rings. The fourth-order valence-corrected chi connectivity index (χ4v) is 3.08. The second kappa shape index (κ2) is 7.32. The SMILES string of the molecule is Cc1cccc(NC(=O)c2ccccc2NC(=O)c2cccs2)c1C. The topological polar surface area (TPSA) is 58.2 Å². The van der Waals surface area contributed by atoms with E-state index in [9.17, 15) is 9.59 Å². The van der Waals surface area contributed by atoms with Crippen LogP contribution in [0.3, 0.4) is 0 Å². The summed E-state index contributed by atoms with van der Waals surface area (Å²) in [6, 6.07) is 16.3. The molecule has 25 heavy (non-hydrogen) atoms. The fraction of sp³-hybridized carbons (Fsp3) is 0.100. The maximum absolute atomic E-state index is 12.7. The predicted molar refractivity (Wildman–Crippen MR) is 103 cm³/mol. The molecule has 4 nitrogen and oxygen atoms in total. The summed E-state index contributed by atoms with van der Waals surface area (Å²) < 4.78 is 0. The van der Waals surface area contributed by atoms with Crippen molar-refractivity contribution in [2.24, 2.45) is 0 Å². The number of thiophene rings is 1. The zero-order valence-corrected chi connectivity index (χ0v) is 14.8. The number of anilines is 2. The lowest BCUT2D eigenvalue weighted by molar-refractivity contribution is 0.102. The van der Waals surface area contributed by atoms with Gasteiger partial charge in [0, 0.05) is 5.69 Å². The average Bonchev–Trinajstić information content (AvgIpc) is 3.14. The standard InChI is InChI=1S/C20H18N2O2S/c1-13-7-5-10-16(14(13)2)21-19(23)15-8-3-4-9-17(15)22-20(24)18-11-6-12-25-18/h3-12H,1-2H3,(H,21,23)(H,22,24). The van der Waals surface area contributed by atoms with E-state index in [0.717, 1.165) is 16.8 Å². The summed E-state index contributed by atoms with van der Waals surface area (Å²) in [6.07, 6.45) is 0. The van der Waals surface area contributed by atoms with Gasteiger partial charge in [0.05, 0.1) is 16.1 Å². The largest absolute Gasteiger partial charge is 0.322 e. The van der Waals surface area contributed by atoms with Crippen LogP contribution in [0.2, 0.25) is 0 Å². The normalized spacial score (nSPS) is 10.3. The third-order valence-electron chi connectivity index (χ3n) is 4.02. The average molecular weight is 350 g/mol. The molecule has 0 atom stereocenters. The lowest BCUT2D eigenvalue weighted by Gasteiger charge is -2.13. The third-order valence-corrected chi connectivity index (χ3v) is 4.89. The highest BCUT2D eigenvalue weighted by Crippen LogP contribution is 2.22. The molecule has 0 unspecified atom stereocenters. The maximum atomic E-state index is 12.7. The molecule has 2 aromatic carbocycles. The van der Waals surface area contributed by atoms with E-state index < -0.39 is 0 Å². The van der Waals surface area contributed by atoms with Gasteiger partial charge in [0.15, 0.2) is 0 Å². The van der Waals surface area contributed by atoms with E-state index >= 15 is 0 Å². The summed E-state index contributed by atoms with van der Waals surface area (Å²) in [7, 11) is 0. The van der Waals surface area contributed by atoms with Crippen LogP contribution in [0.5, 0.6) is 0 Å². The number of nitrogens with one attached hydrogen (secondary N) is 2. The predicted octanol–water partition coefficient (Wildman–Crippen LogP) is 4.87. The van der Waals surface area contributed by atoms with E-state index in [4.69, 9.17) is 0 Å². The number of para-hydroxylation sites is 1. The van der Waals surface area contributed by atoms with Crippen LogP contribution in [-0.2, 0) is 0 Å². The first-order valence-corrected chi connectivity index (χ1v) is 8.75. The molecule has 0 saturated heterocycles. The van der Waals surface area contributed by atoms with Crippen LogP contribution in [0.1, 0.15) is 31.2 Å². The third kappa shape index (κ3) is 3.78. The molecular formula is C20H18N2O2S. The first-order chi connectivity index (χ1) is 12.1. The Morgan fingerprint density at radius 2 is 1.52 bits per heavy atom. The first-order valence-electron chi connectivity index (χ1n) is 7.87. The Morgan fingerprint density at radius 1 is 0.800 bits per heavy atom. The number of hydrogen-bond acceptors (Lipinski definition) is 3. The summed E-state index contributed by atoms with van der Waals surface area (Å²) in [4.78, 5) is 25.6. The van der Waals surface area contributed by atoms with Gasteiger partial charge in [-0.3, -0.25) is 9.59 Å². The van der Waals surface area contributed by atoms with E-state index in [1.54, 1.807) is 30.3 Å². The summed E-state index contributed by atoms with van der Waals surface area (Å²) in [5, 5.41) is 7.59. The minimum Gasteiger partial charge on any atom is -0.322 e. The van der Waals surface area contributed by atoms with Crippen LogP contribution in [0, 0.1) is 13.8 Å². The van der Waals surface area contributed by atoms with Gasteiger partial charge in [0.25, 0.3) is 11.8 Å². The van der Waals surface area contributed by atoms with Crippen molar-refractivity contribution in [2.45, 2.75) is 13.8 Å². The minimum atomic E-state index is -0.254. The summed E-state index contributed by atoms with van der Waals surface area (Å²) >= 11 is 1.36. The van der Waals surface area contributed by atoms with Crippen molar-refractivity contribution < 1.29 is 9.59 Å². The number of amides is 2. The second-order valence-electron chi connectivity index (χ2n) is 5.68. The number of benzene rings is 2. The van der Waals surface area contributed by atoms with Crippen molar-refractivity contribution in [3.05, 3.63) is 81.5 Å². The lowest BCUT2D eigenvalue weighted by atomic mass is 10.1. The molecule has 0 aliphatic carbocycles. The van der Waals surface area contributed by atoms with Crippen molar-refractivity contribution in [1.29, 1.82) is 0 Å². The monoisotopic (exact) mass is 350 g/mol. The van der Waals surface area contributed by atoms with E-state index in [1.165, 1.54) is 11.3 Å². The Morgan fingerprint density at radius 3 is 2.28 bits per heavy atom. The van der Waals surface area contributed by atoms with Crippen LogP contribution in [-0.4, -0.2) is 11.8 Å². The molecule has 0 aliphatic heterocycles. The molecule has 126 valence electrons. The highest BCUT2D eigenvalue weighted by molar-refractivity contribution is 7.12. The molecule has 1 aromatic heterocycles. The molecule has 0 spiro atoms. The van der Waals surface area contributed by atoms with Crippen molar-refractivity contribution in [1.82, 2.24) is 0 Å². The maximum Gasteiger partial charge on any atom is 0.265 e. The van der Waals surface area contributed by atoms with Gasteiger partial charge in [0.1, 0.15) is 0 Å². The number of rotatable bonds is 4. The number of aryl methyl sites for hydroxylation is 1. The Balaban J connectivity index is 1.84. The Hall–Kier alpha value is -2.92. The molecule has 0 bridgehead atoms. The molecular weight excluding hydrogens is 332 g/mol. The van der Waals surface area contributed by atoms with Crippen LogP contribution in [0.4, 0.5) is 11.4 Å². The molecule has 2 N–H and O–H groups in total. The van der Waals surface area contributed by atoms with Crippen LogP contribution >= 0.6 is 11.3 Å². The van der Waals surface area contributed by atoms with Gasteiger partial charge in [-0.25, -0.2) is 0 Å². The lowest BCUT2D eigenvalue weighted by Crippen LogP contribution is -2.18. The zero-order chi connectivity index (χ0) is 17.8. The molecule has 3 aromatic rings. The molecule has 0 saturated carbocycles. The highest BCUT2D eigenvalue weighted by atomic mass is 32.1. The highest BCUT2D eigenvalue weighted by Gasteiger charge is 2.15. The van der Waals surface area contributed by atoms with Gasteiger partial charge < -0.3 is 10.6 Å². The molecule has 5 heteroatoms. The Labute approximate surface area is 150 Å². The zero-order valence-electron chi connectivity index (χ0n) is 14.0. The minimum absolute atomic E-state index is 0.220. The van der Waals surface area contributed by atoms with Gasteiger partial charge in [-0.1, -0.05) is 30.3 Å². The molecule has 0 fully saturated rings. The van der Waals surface area contributed by atoms with Gasteiger partial charge >= 0.3 is 0 Å². The van der Waals surface area contributed by atoms with Gasteiger partial charge in [0.2, 0.25) is 0 Å². The number of carbonyl (C=O) groups is 2. The van der Waals surface area contributed by atoms with Gasteiger partial charge in [-0.2, -0.15) is 0 Å². The number of carbonyl (C=O) groups excluding carboxylic acids is 2. The van der Waals surface area contributed by atoms with E-state index in [1.807, 2.05) is 43.5 Å². The molecule has 2 amide bonds. The molecule has 0 radical (unpaired) electrons. The van der Waals surface area contributed by atoms with Gasteiger partial charge in [-0.05, 0) is 54.6 Å². The Kier molecular flexibility index (Phi) is 4.95. The Bertz CT molecular complexity index is 917. The van der Waals surface area contributed by atoms with E-state index in [2.05, 4.69) is 10.6 Å². The molecule has 1 heterocycles. The summed E-state index contributed by atoms with van der Waals surface area (Å²) in [6.45, 7) is 3.97. The van der Waals surface area contributed by atoms with Crippen molar-refractivity contribution in [3.8, 4) is 0 Å². The fourth-order valence-electron chi connectivity index (χ4n) is 2.46. The molecule has 3 rings (SSSR count).